The summed E-state index contributed by atoms with van der Waals surface area (Å²) >= 11 is 0. The van der Waals surface area contributed by atoms with Gasteiger partial charge in [0.05, 0.1) is 5.69 Å². The first kappa shape index (κ1) is 15.5. The highest BCUT2D eigenvalue weighted by molar-refractivity contribution is 5.57. The van der Waals surface area contributed by atoms with Crippen LogP contribution >= 0.6 is 0 Å². The Labute approximate surface area is 126 Å². The van der Waals surface area contributed by atoms with E-state index in [4.69, 9.17) is 5.73 Å². The average Bonchev–Trinajstić information content (AvgIpc) is 2.45. The lowest BCUT2D eigenvalue weighted by Gasteiger charge is -2.32. The average molecular weight is 286 g/mol. The molecule has 0 saturated heterocycles. The smallest absolute Gasteiger partial charge is 0.146 e. The van der Waals surface area contributed by atoms with Crippen LogP contribution in [0.25, 0.3) is 0 Å². The number of anilines is 1. The molecular weight excluding hydrogens is 263 g/mol. The van der Waals surface area contributed by atoms with Crippen LogP contribution in [0.3, 0.4) is 0 Å². The number of halogens is 1. The first-order chi connectivity index (χ1) is 10.0. The molecule has 0 fully saturated rings. The molecule has 21 heavy (non-hydrogen) atoms. The quantitative estimate of drug-likeness (QED) is 0.890. The third kappa shape index (κ3) is 3.61. The highest BCUT2D eigenvalue weighted by atomic mass is 19.1. The number of para-hydroxylation sites is 1. The maximum atomic E-state index is 14.4. The van der Waals surface area contributed by atoms with Crippen molar-refractivity contribution >= 4 is 5.69 Å². The van der Waals surface area contributed by atoms with E-state index >= 15 is 0 Å². The molecule has 2 rings (SSSR count). The van der Waals surface area contributed by atoms with Crippen LogP contribution in [0, 0.1) is 5.82 Å². The Morgan fingerprint density at radius 3 is 2.24 bits per heavy atom. The van der Waals surface area contributed by atoms with Crippen molar-refractivity contribution < 1.29 is 4.39 Å². The Balaban J connectivity index is 2.44. The molecule has 0 spiro atoms. The number of benzene rings is 2. The maximum absolute atomic E-state index is 14.4. The minimum Gasteiger partial charge on any atom is -0.362 e. The molecule has 0 aliphatic heterocycles. The van der Waals surface area contributed by atoms with Gasteiger partial charge in [0.2, 0.25) is 0 Å². The Kier molecular flexibility index (Phi) is 4.97. The van der Waals surface area contributed by atoms with Crippen LogP contribution in [0.4, 0.5) is 10.1 Å². The molecule has 2 aromatic carbocycles. The standard InChI is InChI=1S/C18H23FN2/c1-13(2)21(12-15-8-5-4-6-9-15)18-16(14(3)20)10-7-11-17(18)19/h4-11,13-14H,12,20H2,1-3H3/t14-/m1/s1. The van der Waals surface area contributed by atoms with Crippen molar-refractivity contribution in [2.24, 2.45) is 5.73 Å². The predicted octanol–water partition coefficient (Wildman–Crippen LogP) is 4.26. The van der Waals surface area contributed by atoms with Crippen molar-refractivity contribution in [2.75, 3.05) is 4.90 Å². The van der Waals surface area contributed by atoms with Crippen LogP contribution in [0.1, 0.15) is 37.9 Å². The van der Waals surface area contributed by atoms with Gasteiger partial charge in [-0.15, -0.1) is 0 Å². The van der Waals surface area contributed by atoms with E-state index in [0.29, 0.717) is 12.2 Å². The second kappa shape index (κ2) is 6.72. The molecule has 2 nitrogen and oxygen atoms in total. The summed E-state index contributed by atoms with van der Waals surface area (Å²) in [6.45, 7) is 6.69. The minimum absolute atomic E-state index is 0.180. The molecule has 0 aromatic heterocycles. The van der Waals surface area contributed by atoms with Crippen molar-refractivity contribution in [3.63, 3.8) is 0 Å². The Morgan fingerprint density at radius 2 is 1.67 bits per heavy atom. The second-order valence-electron chi connectivity index (χ2n) is 5.67. The predicted molar refractivity (Wildman–Crippen MR) is 86.8 cm³/mol. The van der Waals surface area contributed by atoms with E-state index in [9.17, 15) is 4.39 Å². The number of rotatable bonds is 5. The van der Waals surface area contributed by atoms with Crippen LogP contribution < -0.4 is 10.6 Å². The van der Waals surface area contributed by atoms with E-state index in [1.165, 1.54) is 6.07 Å². The molecule has 0 unspecified atom stereocenters. The summed E-state index contributed by atoms with van der Waals surface area (Å²) in [7, 11) is 0. The highest BCUT2D eigenvalue weighted by Crippen LogP contribution is 2.31. The summed E-state index contributed by atoms with van der Waals surface area (Å²) in [5.74, 6) is -0.213. The topological polar surface area (TPSA) is 29.3 Å². The molecule has 112 valence electrons. The molecule has 0 radical (unpaired) electrons. The molecule has 0 heterocycles. The number of nitrogens with zero attached hydrogens (tertiary/aromatic N) is 1. The molecule has 0 saturated carbocycles. The van der Waals surface area contributed by atoms with E-state index in [0.717, 1.165) is 11.1 Å². The van der Waals surface area contributed by atoms with Gasteiger partial charge in [0.1, 0.15) is 5.82 Å². The molecule has 2 aromatic rings. The van der Waals surface area contributed by atoms with Crippen LogP contribution in [0.5, 0.6) is 0 Å². The van der Waals surface area contributed by atoms with Crippen LogP contribution in [-0.4, -0.2) is 6.04 Å². The van der Waals surface area contributed by atoms with Crippen molar-refractivity contribution in [3.8, 4) is 0 Å². The Hall–Kier alpha value is -1.87. The highest BCUT2D eigenvalue weighted by Gasteiger charge is 2.20. The molecule has 0 bridgehead atoms. The number of nitrogens with two attached hydrogens (primary N) is 1. The summed E-state index contributed by atoms with van der Waals surface area (Å²) in [6, 6.07) is 15.2. The summed E-state index contributed by atoms with van der Waals surface area (Å²) < 4.78 is 14.4. The number of hydrogen-bond acceptors (Lipinski definition) is 2. The van der Waals surface area contributed by atoms with Crippen molar-refractivity contribution in [3.05, 3.63) is 65.5 Å². The fourth-order valence-electron chi connectivity index (χ4n) is 2.50. The lowest BCUT2D eigenvalue weighted by atomic mass is 10.0. The third-order valence-corrected chi connectivity index (χ3v) is 3.61. The lowest BCUT2D eigenvalue weighted by molar-refractivity contribution is 0.591. The van der Waals surface area contributed by atoms with Crippen LogP contribution in [-0.2, 0) is 6.54 Å². The van der Waals surface area contributed by atoms with Gasteiger partial charge in [-0.2, -0.15) is 0 Å². The van der Waals surface area contributed by atoms with E-state index < -0.39 is 0 Å². The lowest BCUT2D eigenvalue weighted by Crippen LogP contribution is -2.32. The minimum atomic E-state index is -0.213. The fourth-order valence-corrected chi connectivity index (χ4v) is 2.50. The van der Waals surface area contributed by atoms with Gasteiger partial charge >= 0.3 is 0 Å². The first-order valence-corrected chi connectivity index (χ1v) is 7.35. The maximum Gasteiger partial charge on any atom is 0.146 e. The van der Waals surface area contributed by atoms with Gasteiger partial charge in [-0.25, -0.2) is 4.39 Å². The van der Waals surface area contributed by atoms with E-state index in [1.807, 2.05) is 31.2 Å². The fraction of sp³-hybridized carbons (Fsp3) is 0.333. The summed E-state index contributed by atoms with van der Waals surface area (Å²) in [6.07, 6.45) is 0. The van der Waals surface area contributed by atoms with Crippen LogP contribution in [0.2, 0.25) is 0 Å². The van der Waals surface area contributed by atoms with Gasteiger partial charge in [-0.05, 0) is 38.0 Å². The normalized spacial score (nSPS) is 12.5. The zero-order valence-electron chi connectivity index (χ0n) is 12.9. The molecule has 3 heteroatoms. The molecule has 0 aliphatic carbocycles. The van der Waals surface area contributed by atoms with Crippen molar-refractivity contribution in [1.82, 2.24) is 0 Å². The van der Waals surface area contributed by atoms with Crippen molar-refractivity contribution in [2.45, 2.75) is 39.4 Å². The third-order valence-electron chi connectivity index (χ3n) is 3.61. The van der Waals surface area contributed by atoms with Gasteiger partial charge in [0.25, 0.3) is 0 Å². The molecular formula is C18H23FN2. The SMILES string of the molecule is CC(C)N(Cc1ccccc1)c1c(F)cccc1[C@@H](C)N. The molecule has 1 atom stereocenters. The molecule has 0 aliphatic rings. The zero-order chi connectivity index (χ0) is 15.4. The van der Waals surface area contributed by atoms with E-state index in [-0.39, 0.29) is 17.9 Å². The molecule has 0 amide bonds. The molecule has 2 N–H and O–H groups in total. The van der Waals surface area contributed by atoms with Gasteiger partial charge in [-0.3, -0.25) is 0 Å². The van der Waals surface area contributed by atoms with E-state index in [2.05, 4.69) is 30.9 Å². The summed E-state index contributed by atoms with van der Waals surface area (Å²) in [4.78, 5) is 2.07. The Bertz CT molecular complexity index is 579. The van der Waals surface area contributed by atoms with Crippen LogP contribution in [0.15, 0.2) is 48.5 Å². The summed E-state index contributed by atoms with van der Waals surface area (Å²) in [5, 5.41) is 0. The zero-order valence-corrected chi connectivity index (χ0v) is 12.9. The Morgan fingerprint density at radius 1 is 1.00 bits per heavy atom. The van der Waals surface area contributed by atoms with Gasteiger partial charge < -0.3 is 10.6 Å². The van der Waals surface area contributed by atoms with Gasteiger partial charge in [0.15, 0.2) is 0 Å². The van der Waals surface area contributed by atoms with Crippen molar-refractivity contribution in [1.29, 1.82) is 0 Å². The first-order valence-electron chi connectivity index (χ1n) is 7.35. The van der Waals surface area contributed by atoms with Gasteiger partial charge in [-0.1, -0.05) is 42.5 Å². The second-order valence-corrected chi connectivity index (χ2v) is 5.67. The summed E-state index contributed by atoms with van der Waals surface area (Å²) in [5.41, 5.74) is 8.64. The van der Waals surface area contributed by atoms with E-state index in [1.54, 1.807) is 6.07 Å². The number of hydrogen-bond donors (Lipinski definition) is 1. The van der Waals surface area contributed by atoms with Gasteiger partial charge in [0, 0.05) is 18.6 Å². The largest absolute Gasteiger partial charge is 0.362 e. The monoisotopic (exact) mass is 286 g/mol.